The van der Waals surface area contributed by atoms with E-state index in [0.29, 0.717) is 14.8 Å². The zero-order chi connectivity index (χ0) is 17.5. The molecule has 1 aromatic carbocycles. The monoisotopic (exact) mass is 456 g/mol. The van der Waals surface area contributed by atoms with Gasteiger partial charge in [-0.15, -0.1) is 0 Å². The lowest BCUT2D eigenvalue weighted by atomic mass is 10.1. The number of amides is 1. The van der Waals surface area contributed by atoms with E-state index in [9.17, 15) is 14.7 Å². The third kappa shape index (κ3) is 5.93. The average molecular weight is 458 g/mol. The largest absolute Gasteiger partial charge is 0.480 e. The number of nitrogens with zero attached hydrogens (tertiary/aromatic N) is 1. The van der Waals surface area contributed by atoms with Crippen LogP contribution in [0.2, 0.25) is 0 Å². The maximum Gasteiger partial charge on any atom is 0.408 e. The summed E-state index contributed by atoms with van der Waals surface area (Å²) in [7, 11) is 0. The Hall–Kier alpha value is -1.93. The topological polar surface area (TPSA) is 88.5 Å². The molecular weight excluding hydrogens is 444 g/mol. The van der Waals surface area contributed by atoms with E-state index in [0.717, 1.165) is 5.56 Å². The van der Waals surface area contributed by atoms with Crippen LogP contribution < -0.4 is 5.32 Å². The number of aromatic nitrogens is 1. The Morgan fingerprint density at radius 2 is 1.75 bits per heavy atom. The minimum Gasteiger partial charge on any atom is -0.480 e. The van der Waals surface area contributed by atoms with E-state index in [-0.39, 0.29) is 13.0 Å². The van der Waals surface area contributed by atoms with Crippen molar-refractivity contribution < 1.29 is 19.4 Å². The molecule has 2 N–H and O–H groups in total. The van der Waals surface area contributed by atoms with Crippen molar-refractivity contribution in [2.75, 3.05) is 0 Å². The zero-order valence-electron chi connectivity index (χ0n) is 12.4. The number of rotatable bonds is 6. The summed E-state index contributed by atoms with van der Waals surface area (Å²) in [6.07, 6.45) is -0.673. The number of alkyl carbamates (subject to hydrolysis) is 1. The number of benzene rings is 1. The molecule has 2 rings (SSSR count). The molecule has 1 heterocycles. The van der Waals surface area contributed by atoms with Crippen LogP contribution in [0.4, 0.5) is 4.79 Å². The van der Waals surface area contributed by atoms with Crippen LogP contribution in [0.1, 0.15) is 11.1 Å². The van der Waals surface area contributed by atoms with Gasteiger partial charge in [-0.25, -0.2) is 14.6 Å². The van der Waals surface area contributed by atoms with E-state index in [1.54, 1.807) is 12.1 Å². The number of carbonyl (C=O) groups excluding carboxylic acids is 1. The van der Waals surface area contributed by atoms with Gasteiger partial charge in [0.1, 0.15) is 21.9 Å². The molecule has 8 heteroatoms. The number of carbonyl (C=O) groups is 2. The van der Waals surface area contributed by atoms with Gasteiger partial charge in [0, 0.05) is 6.42 Å². The molecule has 0 aliphatic heterocycles. The Bertz CT molecular complexity index is 705. The van der Waals surface area contributed by atoms with Gasteiger partial charge in [0.05, 0.1) is 0 Å². The quantitative estimate of drug-likeness (QED) is 0.647. The predicted molar refractivity (Wildman–Crippen MR) is 94.5 cm³/mol. The summed E-state index contributed by atoms with van der Waals surface area (Å²) in [5.74, 6) is -1.14. The zero-order valence-corrected chi connectivity index (χ0v) is 15.6. The Balaban J connectivity index is 1.95. The number of carboxylic acids is 1. The molecule has 0 saturated heterocycles. The molecule has 0 fully saturated rings. The summed E-state index contributed by atoms with van der Waals surface area (Å²) < 4.78 is 6.19. The Kier molecular flexibility index (Phi) is 6.74. The lowest BCUT2D eigenvalue weighted by Gasteiger charge is -2.15. The highest BCUT2D eigenvalue weighted by molar-refractivity contribution is 9.11. The van der Waals surface area contributed by atoms with Crippen molar-refractivity contribution in [3.05, 3.63) is 62.8 Å². The highest BCUT2D eigenvalue weighted by Crippen LogP contribution is 2.17. The Labute approximate surface area is 155 Å². The van der Waals surface area contributed by atoms with Gasteiger partial charge in [0.25, 0.3) is 0 Å². The first-order valence-electron chi connectivity index (χ1n) is 6.96. The van der Waals surface area contributed by atoms with Crippen molar-refractivity contribution in [3.63, 3.8) is 0 Å². The molecule has 24 heavy (non-hydrogen) atoms. The summed E-state index contributed by atoms with van der Waals surface area (Å²) in [6, 6.07) is 11.4. The Morgan fingerprint density at radius 1 is 1.12 bits per heavy atom. The van der Waals surface area contributed by atoms with Gasteiger partial charge in [0.15, 0.2) is 0 Å². The molecule has 0 aliphatic carbocycles. The Morgan fingerprint density at radius 3 is 2.33 bits per heavy atom. The van der Waals surface area contributed by atoms with Crippen molar-refractivity contribution in [3.8, 4) is 0 Å². The molecule has 6 nitrogen and oxygen atoms in total. The van der Waals surface area contributed by atoms with Crippen LogP contribution in [0.15, 0.2) is 51.7 Å². The smallest absolute Gasteiger partial charge is 0.408 e. The van der Waals surface area contributed by atoms with Crippen molar-refractivity contribution in [1.29, 1.82) is 0 Å². The van der Waals surface area contributed by atoms with Gasteiger partial charge in [-0.1, -0.05) is 30.3 Å². The van der Waals surface area contributed by atoms with E-state index in [4.69, 9.17) is 4.74 Å². The van der Waals surface area contributed by atoms with Gasteiger partial charge in [0.2, 0.25) is 0 Å². The molecule has 1 unspecified atom stereocenters. The van der Waals surface area contributed by atoms with E-state index in [2.05, 4.69) is 42.2 Å². The first-order chi connectivity index (χ1) is 11.4. The maximum absolute atomic E-state index is 11.8. The van der Waals surface area contributed by atoms with Crippen molar-refractivity contribution >= 4 is 43.9 Å². The van der Waals surface area contributed by atoms with Crippen LogP contribution in [0, 0.1) is 0 Å². The number of hydrogen-bond acceptors (Lipinski definition) is 4. The predicted octanol–water partition coefficient (Wildman–Crippen LogP) is 3.53. The summed E-state index contributed by atoms with van der Waals surface area (Å²) in [4.78, 5) is 27.3. The van der Waals surface area contributed by atoms with Gasteiger partial charge >= 0.3 is 12.1 Å². The molecular formula is C16H14Br2N2O4. The van der Waals surface area contributed by atoms with Gasteiger partial charge in [-0.2, -0.15) is 0 Å². The molecule has 2 aromatic rings. The summed E-state index contributed by atoms with van der Waals surface area (Å²) in [5, 5.41) is 11.7. The van der Waals surface area contributed by atoms with Crippen LogP contribution in [-0.2, 0) is 22.6 Å². The molecule has 0 aliphatic rings. The standard InChI is InChI=1S/C16H14Br2N2O4/c17-13-7-11(8-14(18)20-13)6-12(15(21)22)19-16(23)24-9-10-4-2-1-3-5-10/h1-5,7-8,12H,6,9H2,(H,19,23)(H,21,22). The molecule has 1 amide bonds. The minimum absolute atomic E-state index is 0.0748. The highest BCUT2D eigenvalue weighted by atomic mass is 79.9. The number of nitrogens with one attached hydrogen (secondary N) is 1. The second-order valence-electron chi connectivity index (χ2n) is 4.92. The molecule has 0 radical (unpaired) electrons. The molecule has 0 saturated carbocycles. The summed E-state index contributed by atoms with van der Waals surface area (Å²) in [6.45, 7) is 0.0748. The third-order valence-electron chi connectivity index (χ3n) is 3.07. The second kappa shape index (κ2) is 8.79. The van der Waals surface area contributed by atoms with E-state index in [1.165, 1.54) is 0 Å². The lowest BCUT2D eigenvalue weighted by molar-refractivity contribution is -0.139. The summed E-state index contributed by atoms with van der Waals surface area (Å²) >= 11 is 6.48. The fourth-order valence-corrected chi connectivity index (χ4v) is 3.18. The number of ether oxygens (including phenoxy) is 1. The van der Waals surface area contributed by atoms with Gasteiger partial charge in [-0.05, 0) is 55.1 Å². The number of halogens is 2. The first-order valence-corrected chi connectivity index (χ1v) is 8.54. The van der Waals surface area contributed by atoms with Crippen LogP contribution in [0.5, 0.6) is 0 Å². The van der Waals surface area contributed by atoms with E-state index in [1.807, 2.05) is 30.3 Å². The number of carboxylic acid groups (broad SMARTS) is 1. The number of hydrogen-bond donors (Lipinski definition) is 2. The van der Waals surface area contributed by atoms with Crippen LogP contribution in [0.25, 0.3) is 0 Å². The third-order valence-corrected chi connectivity index (χ3v) is 3.88. The molecule has 126 valence electrons. The van der Waals surface area contributed by atoms with Crippen molar-refractivity contribution in [2.45, 2.75) is 19.1 Å². The van der Waals surface area contributed by atoms with Gasteiger partial charge in [-0.3, -0.25) is 0 Å². The highest BCUT2D eigenvalue weighted by Gasteiger charge is 2.21. The molecule has 1 aromatic heterocycles. The van der Waals surface area contributed by atoms with Gasteiger partial charge < -0.3 is 15.2 Å². The fourth-order valence-electron chi connectivity index (χ4n) is 1.97. The maximum atomic E-state index is 11.8. The molecule has 0 spiro atoms. The van der Waals surface area contributed by atoms with Crippen LogP contribution >= 0.6 is 31.9 Å². The fraction of sp³-hybridized carbons (Fsp3) is 0.188. The molecule has 0 bridgehead atoms. The summed E-state index contributed by atoms with van der Waals surface area (Å²) in [5.41, 5.74) is 1.53. The number of aliphatic carboxylic acids is 1. The lowest BCUT2D eigenvalue weighted by Crippen LogP contribution is -2.42. The number of pyridine rings is 1. The van der Waals surface area contributed by atoms with E-state index >= 15 is 0 Å². The molecule has 1 atom stereocenters. The van der Waals surface area contributed by atoms with E-state index < -0.39 is 18.1 Å². The van der Waals surface area contributed by atoms with Crippen LogP contribution in [-0.4, -0.2) is 28.2 Å². The average Bonchev–Trinajstić information content (AvgIpc) is 2.52. The van der Waals surface area contributed by atoms with Crippen molar-refractivity contribution in [1.82, 2.24) is 10.3 Å². The SMILES string of the molecule is O=C(NC(Cc1cc(Br)nc(Br)c1)C(=O)O)OCc1ccccc1. The second-order valence-corrected chi connectivity index (χ2v) is 6.55. The first kappa shape index (κ1) is 18.4. The minimum atomic E-state index is -1.14. The van der Waals surface area contributed by atoms with Crippen LogP contribution in [0.3, 0.4) is 0 Å². The van der Waals surface area contributed by atoms with Crippen molar-refractivity contribution in [2.24, 2.45) is 0 Å². The normalized spacial score (nSPS) is 11.6.